The zero-order chi connectivity index (χ0) is 15.8. The molecule has 0 aliphatic rings. The molecule has 10 heteroatoms. The third-order valence-electron chi connectivity index (χ3n) is 1.89. The number of urea groups is 1. The second-order valence-electron chi connectivity index (χ2n) is 3.65. The van der Waals surface area contributed by atoms with Gasteiger partial charge in [-0.25, -0.2) is 4.79 Å². The molecule has 0 atom stereocenters. The number of amides is 2. The highest BCUT2D eigenvalue weighted by Crippen LogP contribution is 2.16. The summed E-state index contributed by atoms with van der Waals surface area (Å²) in [6.07, 6.45) is -4.93. The predicted octanol–water partition coefficient (Wildman–Crippen LogP) is 0.598. The Balaban J connectivity index is 4.34. The number of hydrogen-bond donors (Lipinski definition) is 2. The van der Waals surface area contributed by atoms with E-state index in [9.17, 15) is 27.6 Å². The van der Waals surface area contributed by atoms with Crippen LogP contribution in [0.3, 0.4) is 0 Å². The lowest BCUT2D eigenvalue weighted by Gasteiger charge is -2.22. The SMILES string of the molecule is CCOC(=O)CCNC(=O)N(CC(=O)O)CC(F)(F)F. The minimum Gasteiger partial charge on any atom is -0.480 e. The highest BCUT2D eigenvalue weighted by Gasteiger charge is 2.33. The van der Waals surface area contributed by atoms with Gasteiger partial charge in [-0.15, -0.1) is 0 Å². The van der Waals surface area contributed by atoms with E-state index in [1.807, 2.05) is 5.32 Å². The number of carboxylic acids is 1. The fraction of sp³-hybridized carbons (Fsp3) is 0.700. The van der Waals surface area contributed by atoms with Crippen molar-refractivity contribution in [1.82, 2.24) is 10.2 Å². The molecule has 0 aromatic rings. The van der Waals surface area contributed by atoms with Gasteiger partial charge in [0.05, 0.1) is 13.0 Å². The molecule has 0 bridgehead atoms. The van der Waals surface area contributed by atoms with Gasteiger partial charge in [0.25, 0.3) is 0 Å². The monoisotopic (exact) mass is 300 g/mol. The number of aliphatic carboxylic acids is 1. The van der Waals surface area contributed by atoms with E-state index < -0.39 is 37.2 Å². The average Bonchev–Trinajstić information content (AvgIpc) is 2.25. The number of esters is 1. The highest BCUT2D eigenvalue weighted by atomic mass is 19.4. The van der Waals surface area contributed by atoms with Crippen molar-refractivity contribution in [3.63, 3.8) is 0 Å². The minimum absolute atomic E-state index is 0.0908. The number of carboxylic acid groups (broad SMARTS) is 1. The van der Waals surface area contributed by atoms with Crippen LogP contribution in [0.4, 0.5) is 18.0 Å². The Morgan fingerprint density at radius 1 is 1.30 bits per heavy atom. The fourth-order valence-corrected chi connectivity index (χ4v) is 1.20. The van der Waals surface area contributed by atoms with Crippen LogP contribution in [0.1, 0.15) is 13.3 Å². The molecule has 0 saturated carbocycles. The molecule has 0 spiro atoms. The van der Waals surface area contributed by atoms with Gasteiger partial charge in [-0.3, -0.25) is 9.59 Å². The predicted molar refractivity (Wildman–Crippen MR) is 59.9 cm³/mol. The van der Waals surface area contributed by atoms with Gasteiger partial charge in [0.2, 0.25) is 0 Å². The Bertz CT molecular complexity index is 359. The number of carbonyl (C=O) groups is 3. The molecular weight excluding hydrogens is 285 g/mol. The van der Waals surface area contributed by atoms with Crippen molar-refractivity contribution in [3.8, 4) is 0 Å². The van der Waals surface area contributed by atoms with Gasteiger partial charge in [0.1, 0.15) is 13.1 Å². The lowest BCUT2D eigenvalue weighted by atomic mass is 10.4. The van der Waals surface area contributed by atoms with Crippen molar-refractivity contribution >= 4 is 18.0 Å². The number of nitrogens with one attached hydrogen (secondary N) is 1. The van der Waals surface area contributed by atoms with E-state index in [4.69, 9.17) is 5.11 Å². The van der Waals surface area contributed by atoms with Crippen LogP contribution >= 0.6 is 0 Å². The molecule has 0 radical (unpaired) electrons. The fourth-order valence-electron chi connectivity index (χ4n) is 1.20. The molecule has 0 unspecified atom stereocenters. The highest BCUT2D eigenvalue weighted by molar-refractivity contribution is 5.80. The summed E-state index contributed by atoms with van der Waals surface area (Å²) in [6, 6.07) is -1.21. The number of nitrogens with zero attached hydrogens (tertiary/aromatic N) is 1. The molecular formula is C10H15F3N2O5. The summed E-state index contributed by atoms with van der Waals surface area (Å²) >= 11 is 0. The van der Waals surface area contributed by atoms with Gasteiger partial charge >= 0.3 is 24.1 Å². The first-order chi connectivity index (χ1) is 9.15. The van der Waals surface area contributed by atoms with Crippen molar-refractivity contribution in [3.05, 3.63) is 0 Å². The first kappa shape index (κ1) is 18.0. The average molecular weight is 300 g/mol. The molecule has 0 heterocycles. The molecule has 0 aliphatic heterocycles. The van der Waals surface area contributed by atoms with E-state index in [1.165, 1.54) is 0 Å². The Labute approximate surface area is 112 Å². The van der Waals surface area contributed by atoms with E-state index in [2.05, 4.69) is 4.74 Å². The molecule has 20 heavy (non-hydrogen) atoms. The van der Waals surface area contributed by atoms with E-state index in [0.717, 1.165) is 0 Å². The maximum absolute atomic E-state index is 12.2. The molecule has 0 aromatic heterocycles. The quantitative estimate of drug-likeness (QED) is 0.671. The van der Waals surface area contributed by atoms with Crippen LogP contribution in [-0.2, 0) is 14.3 Å². The zero-order valence-corrected chi connectivity index (χ0v) is 10.7. The van der Waals surface area contributed by atoms with Gasteiger partial charge in [-0.05, 0) is 6.92 Å². The van der Waals surface area contributed by atoms with Crippen molar-refractivity contribution < 1.29 is 37.4 Å². The minimum atomic E-state index is -4.71. The van der Waals surface area contributed by atoms with E-state index in [-0.39, 0.29) is 24.5 Å². The van der Waals surface area contributed by atoms with Crippen LogP contribution in [0.2, 0.25) is 0 Å². The van der Waals surface area contributed by atoms with Gasteiger partial charge < -0.3 is 20.1 Å². The molecule has 0 aliphatic carbocycles. The van der Waals surface area contributed by atoms with Gasteiger partial charge in [0.15, 0.2) is 0 Å². The summed E-state index contributed by atoms with van der Waals surface area (Å²) in [5, 5.41) is 10.5. The van der Waals surface area contributed by atoms with Crippen molar-refractivity contribution in [2.24, 2.45) is 0 Å². The molecule has 116 valence electrons. The van der Waals surface area contributed by atoms with E-state index >= 15 is 0 Å². The zero-order valence-electron chi connectivity index (χ0n) is 10.7. The number of ether oxygens (including phenoxy) is 1. The summed E-state index contributed by atoms with van der Waals surface area (Å²) < 4.78 is 41.1. The van der Waals surface area contributed by atoms with Crippen LogP contribution < -0.4 is 5.32 Å². The summed E-state index contributed by atoms with van der Waals surface area (Å²) in [5.41, 5.74) is 0. The third kappa shape index (κ3) is 9.00. The Morgan fingerprint density at radius 3 is 2.35 bits per heavy atom. The lowest BCUT2D eigenvalue weighted by Crippen LogP contribution is -2.47. The summed E-state index contributed by atoms with van der Waals surface area (Å²) in [4.78, 5) is 32.8. The molecule has 2 amide bonds. The van der Waals surface area contributed by atoms with Crippen molar-refractivity contribution in [2.45, 2.75) is 19.5 Å². The van der Waals surface area contributed by atoms with Crippen molar-refractivity contribution in [1.29, 1.82) is 0 Å². The molecule has 0 saturated heterocycles. The Hall–Kier alpha value is -2.00. The van der Waals surface area contributed by atoms with Crippen molar-refractivity contribution in [2.75, 3.05) is 26.2 Å². The van der Waals surface area contributed by atoms with Crippen LogP contribution in [-0.4, -0.2) is 60.4 Å². The topological polar surface area (TPSA) is 95.9 Å². The maximum atomic E-state index is 12.2. The number of alkyl halides is 3. The first-order valence-electron chi connectivity index (χ1n) is 5.62. The van der Waals surface area contributed by atoms with E-state index in [0.29, 0.717) is 0 Å². The second kappa shape index (κ2) is 8.23. The number of hydrogen-bond acceptors (Lipinski definition) is 4. The van der Waals surface area contributed by atoms with E-state index in [1.54, 1.807) is 6.92 Å². The van der Waals surface area contributed by atoms with Gasteiger partial charge in [-0.2, -0.15) is 13.2 Å². The second-order valence-corrected chi connectivity index (χ2v) is 3.65. The van der Waals surface area contributed by atoms with Gasteiger partial charge in [-0.1, -0.05) is 0 Å². The maximum Gasteiger partial charge on any atom is 0.406 e. The van der Waals surface area contributed by atoms with Crippen LogP contribution in [0.15, 0.2) is 0 Å². The number of rotatable bonds is 7. The Morgan fingerprint density at radius 2 is 1.90 bits per heavy atom. The number of halogens is 3. The normalized spacial score (nSPS) is 10.8. The smallest absolute Gasteiger partial charge is 0.406 e. The van der Waals surface area contributed by atoms with Crippen LogP contribution in [0, 0.1) is 0 Å². The van der Waals surface area contributed by atoms with Gasteiger partial charge in [0, 0.05) is 6.54 Å². The van der Waals surface area contributed by atoms with Crippen LogP contribution in [0.25, 0.3) is 0 Å². The summed E-state index contributed by atoms with van der Waals surface area (Å²) in [5.74, 6) is -2.19. The molecule has 0 fully saturated rings. The first-order valence-corrected chi connectivity index (χ1v) is 5.62. The standard InChI is InChI=1S/C10H15F3N2O5/c1-2-20-8(18)3-4-14-9(19)15(5-7(16)17)6-10(11,12)13/h2-6H2,1H3,(H,14,19)(H,16,17). The molecule has 2 N–H and O–H groups in total. The number of carbonyl (C=O) groups excluding carboxylic acids is 2. The third-order valence-corrected chi connectivity index (χ3v) is 1.89. The molecule has 0 rings (SSSR count). The lowest BCUT2D eigenvalue weighted by molar-refractivity contribution is -0.149. The molecule has 0 aromatic carbocycles. The molecule has 7 nitrogen and oxygen atoms in total. The summed E-state index contributed by atoms with van der Waals surface area (Å²) in [7, 11) is 0. The van der Waals surface area contributed by atoms with Crippen LogP contribution in [0.5, 0.6) is 0 Å². The summed E-state index contributed by atoms with van der Waals surface area (Å²) in [6.45, 7) is -1.30. The Kier molecular flexibility index (Phi) is 7.40. The largest absolute Gasteiger partial charge is 0.480 e.